The molecule has 0 rings (SSSR count). The van der Waals surface area contributed by atoms with E-state index in [0.717, 1.165) is 9.80 Å². The number of carboxylic acids is 5. The van der Waals surface area contributed by atoms with Crippen molar-refractivity contribution in [3.8, 4) is 0 Å². The second kappa shape index (κ2) is 18.3. The number of nitrogens with two attached hydrogens (primary N) is 2. The number of amides is 1. The molecule has 0 spiro atoms. The third-order valence-corrected chi connectivity index (χ3v) is 4.85. The standard InChI is InChI=1S/C20H35N7O11/c21-20(22)23-3-1-2-13(19(37)38)24-14(28)8-26(10-16(31)32)6-4-25(9-15(29)30)5-7-27(11-17(33)34)12-18(35)36/h13H,1-12H2,(H,24,28)(H,29,30)(H,31,32)(H,33,34)(H,35,36)(H,37,38)(H4,21,22,23)/t13-/m1/s1. The van der Waals surface area contributed by atoms with E-state index in [0.29, 0.717) is 0 Å². The fourth-order valence-electron chi connectivity index (χ4n) is 3.23. The van der Waals surface area contributed by atoms with E-state index in [1.807, 2.05) is 0 Å². The van der Waals surface area contributed by atoms with Gasteiger partial charge in [-0.3, -0.25) is 43.7 Å². The third kappa shape index (κ3) is 18.3. The van der Waals surface area contributed by atoms with E-state index in [4.69, 9.17) is 21.7 Å². The second-order valence-corrected chi connectivity index (χ2v) is 8.18. The zero-order chi connectivity index (χ0) is 29.3. The van der Waals surface area contributed by atoms with E-state index < -0.39 is 74.5 Å². The molecule has 1 amide bonds. The van der Waals surface area contributed by atoms with Crippen molar-refractivity contribution in [3.63, 3.8) is 0 Å². The van der Waals surface area contributed by atoms with Gasteiger partial charge in [0, 0.05) is 32.7 Å². The number of hydrogen-bond acceptors (Lipinski definition) is 10. The summed E-state index contributed by atoms with van der Waals surface area (Å²) in [6.45, 7) is -3.02. The topological polar surface area (TPSA) is 290 Å². The zero-order valence-electron chi connectivity index (χ0n) is 20.7. The van der Waals surface area contributed by atoms with Gasteiger partial charge in [-0.1, -0.05) is 0 Å². The molecule has 10 N–H and O–H groups in total. The van der Waals surface area contributed by atoms with Crippen LogP contribution < -0.4 is 16.8 Å². The molecule has 0 fully saturated rings. The third-order valence-electron chi connectivity index (χ3n) is 4.85. The van der Waals surface area contributed by atoms with Crippen molar-refractivity contribution in [2.75, 3.05) is 65.4 Å². The highest BCUT2D eigenvalue weighted by Gasteiger charge is 2.23. The van der Waals surface area contributed by atoms with E-state index in [2.05, 4.69) is 10.3 Å². The number of carbonyl (C=O) groups excluding carboxylic acids is 1. The van der Waals surface area contributed by atoms with Crippen LogP contribution in [0.4, 0.5) is 0 Å². The van der Waals surface area contributed by atoms with Crippen molar-refractivity contribution in [3.05, 3.63) is 0 Å². The van der Waals surface area contributed by atoms with Crippen LogP contribution >= 0.6 is 0 Å². The SMILES string of the molecule is NC(N)=NCCC[C@@H](NC(=O)CN(CCN(CCN(CC(=O)O)CC(=O)O)CC(=O)O)CC(=O)O)C(=O)O. The van der Waals surface area contributed by atoms with Crippen LogP contribution in [0, 0.1) is 0 Å². The summed E-state index contributed by atoms with van der Waals surface area (Å²) >= 11 is 0. The molecule has 0 aromatic rings. The Morgan fingerprint density at radius 1 is 0.658 bits per heavy atom. The van der Waals surface area contributed by atoms with Crippen molar-refractivity contribution in [1.82, 2.24) is 20.0 Å². The number of aliphatic imine (C=N–C) groups is 1. The first-order valence-corrected chi connectivity index (χ1v) is 11.3. The summed E-state index contributed by atoms with van der Waals surface area (Å²) in [5.41, 5.74) is 10.4. The Morgan fingerprint density at radius 3 is 1.45 bits per heavy atom. The molecule has 0 saturated heterocycles. The van der Waals surface area contributed by atoms with Crippen LogP contribution in [0.3, 0.4) is 0 Å². The monoisotopic (exact) mass is 549 g/mol. The molecular weight excluding hydrogens is 514 g/mol. The molecule has 18 heteroatoms. The Morgan fingerprint density at radius 2 is 1.05 bits per heavy atom. The van der Waals surface area contributed by atoms with Crippen LogP contribution in [-0.4, -0.2) is 153 Å². The van der Waals surface area contributed by atoms with Gasteiger partial charge >= 0.3 is 29.8 Å². The van der Waals surface area contributed by atoms with Crippen molar-refractivity contribution in [2.24, 2.45) is 16.5 Å². The number of aliphatic carboxylic acids is 5. The summed E-state index contributed by atoms with van der Waals surface area (Å²) in [7, 11) is 0. The average Bonchev–Trinajstić information content (AvgIpc) is 2.75. The number of nitrogens with zero attached hydrogens (tertiary/aromatic N) is 4. The molecule has 0 aromatic carbocycles. The van der Waals surface area contributed by atoms with Crippen molar-refractivity contribution in [1.29, 1.82) is 0 Å². The van der Waals surface area contributed by atoms with Gasteiger partial charge in [0.2, 0.25) is 5.91 Å². The molecule has 0 heterocycles. The summed E-state index contributed by atoms with van der Waals surface area (Å²) in [5, 5.41) is 47.9. The minimum absolute atomic E-state index is 0.00631. The quantitative estimate of drug-likeness (QED) is 0.0361. The molecule has 0 aliphatic carbocycles. The Hall–Kier alpha value is -4.03. The Labute approximate surface area is 217 Å². The first-order valence-electron chi connectivity index (χ1n) is 11.3. The lowest BCUT2D eigenvalue weighted by atomic mass is 10.1. The molecule has 0 bridgehead atoms. The normalized spacial score (nSPS) is 11.8. The molecule has 18 nitrogen and oxygen atoms in total. The highest BCUT2D eigenvalue weighted by atomic mass is 16.4. The number of rotatable bonds is 22. The smallest absolute Gasteiger partial charge is 0.326 e. The zero-order valence-corrected chi connectivity index (χ0v) is 20.7. The number of guanidine groups is 1. The molecule has 216 valence electrons. The van der Waals surface area contributed by atoms with Crippen molar-refractivity contribution < 1.29 is 54.3 Å². The summed E-state index contributed by atoms with van der Waals surface area (Å²) in [5.74, 6) is -7.33. The molecule has 38 heavy (non-hydrogen) atoms. The van der Waals surface area contributed by atoms with Crippen LogP contribution in [0.2, 0.25) is 0 Å². The highest BCUT2D eigenvalue weighted by molar-refractivity contribution is 5.85. The van der Waals surface area contributed by atoms with Gasteiger partial charge in [0.15, 0.2) is 5.96 Å². The van der Waals surface area contributed by atoms with Gasteiger partial charge in [-0.2, -0.15) is 0 Å². The van der Waals surface area contributed by atoms with E-state index >= 15 is 0 Å². The van der Waals surface area contributed by atoms with Gasteiger partial charge in [-0.05, 0) is 12.8 Å². The fraction of sp³-hybridized carbons (Fsp3) is 0.650. The Bertz CT molecular complexity index is 848. The second-order valence-electron chi connectivity index (χ2n) is 8.18. The largest absolute Gasteiger partial charge is 0.480 e. The van der Waals surface area contributed by atoms with Gasteiger partial charge in [-0.25, -0.2) is 4.79 Å². The van der Waals surface area contributed by atoms with Gasteiger partial charge < -0.3 is 42.3 Å². The molecule has 0 unspecified atom stereocenters. The highest BCUT2D eigenvalue weighted by Crippen LogP contribution is 2.01. The maximum absolute atomic E-state index is 12.4. The molecular formula is C20H35N7O11. The lowest BCUT2D eigenvalue weighted by molar-refractivity contribution is -0.143. The van der Waals surface area contributed by atoms with Crippen molar-refractivity contribution in [2.45, 2.75) is 18.9 Å². The Kier molecular flexibility index (Phi) is 16.3. The van der Waals surface area contributed by atoms with Crippen LogP contribution in [0.15, 0.2) is 4.99 Å². The first-order chi connectivity index (χ1) is 17.7. The predicted octanol–water partition coefficient (Wildman–Crippen LogP) is -4.15. The summed E-state index contributed by atoms with van der Waals surface area (Å²) in [6.07, 6.45) is 0.255. The van der Waals surface area contributed by atoms with Gasteiger partial charge in [0.1, 0.15) is 6.04 Å². The number of carboxylic acid groups (broad SMARTS) is 5. The fourth-order valence-corrected chi connectivity index (χ4v) is 3.23. The lowest BCUT2D eigenvalue weighted by Crippen LogP contribution is -2.49. The van der Waals surface area contributed by atoms with Gasteiger partial charge in [0.25, 0.3) is 0 Å². The molecule has 0 aromatic heterocycles. The molecule has 0 aliphatic rings. The van der Waals surface area contributed by atoms with Crippen LogP contribution in [0.25, 0.3) is 0 Å². The number of hydrogen-bond donors (Lipinski definition) is 8. The molecule has 0 aliphatic heterocycles. The minimum atomic E-state index is -1.31. The number of nitrogens with one attached hydrogen (secondary N) is 1. The van der Waals surface area contributed by atoms with Crippen LogP contribution in [-0.2, 0) is 28.8 Å². The molecule has 0 saturated carbocycles. The predicted molar refractivity (Wildman–Crippen MR) is 129 cm³/mol. The summed E-state index contributed by atoms with van der Waals surface area (Å²) in [6, 6.07) is -1.28. The van der Waals surface area contributed by atoms with Gasteiger partial charge in [0.05, 0.1) is 32.7 Å². The van der Waals surface area contributed by atoms with Gasteiger partial charge in [-0.15, -0.1) is 0 Å². The van der Waals surface area contributed by atoms with E-state index in [1.165, 1.54) is 4.90 Å². The number of carbonyl (C=O) groups is 6. The van der Waals surface area contributed by atoms with E-state index in [-0.39, 0.29) is 51.5 Å². The first kappa shape index (κ1) is 34.0. The Balaban J connectivity index is 5.18. The summed E-state index contributed by atoms with van der Waals surface area (Å²) in [4.78, 5) is 75.6. The minimum Gasteiger partial charge on any atom is -0.480 e. The van der Waals surface area contributed by atoms with Crippen LogP contribution in [0.1, 0.15) is 12.8 Å². The lowest BCUT2D eigenvalue weighted by Gasteiger charge is -2.27. The summed E-state index contributed by atoms with van der Waals surface area (Å²) < 4.78 is 0. The molecule has 1 atom stereocenters. The molecule has 0 radical (unpaired) electrons. The maximum atomic E-state index is 12.4. The van der Waals surface area contributed by atoms with E-state index in [9.17, 15) is 44.1 Å². The van der Waals surface area contributed by atoms with Crippen molar-refractivity contribution >= 4 is 41.7 Å². The maximum Gasteiger partial charge on any atom is 0.326 e. The average molecular weight is 550 g/mol. The van der Waals surface area contributed by atoms with E-state index in [1.54, 1.807) is 0 Å². The van der Waals surface area contributed by atoms with Crippen LogP contribution in [0.5, 0.6) is 0 Å².